The second kappa shape index (κ2) is 20.7. The van der Waals surface area contributed by atoms with Crippen molar-refractivity contribution >= 4 is 23.0 Å². The molecule has 0 spiro atoms. The third kappa shape index (κ3) is 10.1. The summed E-state index contributed by atoms with van der Waals surface area (Å²) < 4.78 is 51.1. The number of carbonyl (C=O) groups excluding carboxylic acids is 1. The fraction of sp³-hybridized carbons (Fsp3) is 0.442. The zero-order valence-electron chi connectivity index (χ0n) is 34.9. The SMILES string of the molecule is COc1cc(C=CC(=O)OC2C(Oc3cc(O)c4c(=O)c(OC5OC(CO)C(O)C(O)C5OC5OC(CO)C(O)C(O)C5O)c(-c5ccc(O)cc5)oc4c3)OC(CO)C(O)C2O)ccc1O. The number of fused-ring (bicyclic) bond motifs is 1. The van der Waals surface area contributed by atoms with Crippen molar-refractivity contribution < 1.29 is 113 Å². The maximum Gasteiger partial charge on any atom is 0.331 e. The van der Waals surface area contributed by atoms with Crippen LogP contribution in [0.1, 0.15) is 5.56 Å². The van der Waals surface area contributed by atoms with Crippen LogP contribution in [-0.2, 0) is 28.5 Å². The zero-order chi connectivity index (χ0) is 48.4. The Morgan fingerprint density at radius 1 is 0.657 bits per heavy atom. The van der Waals surface area contributed by atoms with Gasteiger partial charge in [0.05, 0.1) is 26.9 Å². The lowest BCUT2D eigenvalue weighted by molar-refractivity contribution is -0.358. The van der Waals surface area contributed by atoms with Gasteiger partial charge in [0.2, 0.25) is 23.8 Å². The van der Waals surface area contributed by atoms with Crippen LogP contribution in [0.4, 0.5) is 0 Å². The summed E-state index contributed by atoms with van der Waals surface area (Å²) in [5.74, 6) is -3.76. The smallest absolute Gasteiger partial charge is 0.331 e. The van der Waals surface area contributed by atoms with Gasteiger partial charge in [-0.25, -0.2) is 4.79 Å². The summed E-state index contributed by atoms with van der Waals surface area (Å²) in [5, 5.41) is 135. The van der Waals surface area contributed by atoms with Crippen LogP contribution in [0, 0.1) is 0 Å². The van der Waals surface area contributed by atoms with Crippen LogP contribution < -0.4 is 19.6 Å². The van der Waals surface area contributed by atoms with Crippen LogP contribution in [-0.4, -0.2) is 191 Å². The number of aromatic hydroxyl groups is 3. The van der Waals surface area contributed by atoms with Gasteiger partial charge in [-0.2, -0.15) is 0 Å². The van der Waals surface area contributed by atoms with E-state index in [0.29, 0.717) is 5.56 Å². The molecular weight excluding hydrogens is 900 g/mol. The Bertz CT molecular complexity index is 2440. The number of hydrogen-bond acceptors (Lipinski definition) is 24. The van der Waals surface area contributed by atoms with E-state index in [4.69, 9.17) is 42.3 Å². The molecular formula is C43H48O24. The van der Waals surface area contributed by atoms with Gasteiger partial charge in [0.15, 0.2) is 35.8 Å². The van der Waals surface area contributed by atoms with E-state index in [9.17, 15) is 76.0 Å². The number of phenols is 3. The lowest BCUT2D eigenvalue weighted by Gasteiger charge is -2.45. The Balaban J connectivity index is 1.24. The summed E-state index contributed by atoms with van der Waals surface area (Å²) in [4.78, 5) is 27.5. The Morgan fingerprint density at radius 3 is 1.85 bits per heavy atom. The summed E-state index contributed by atoms with van der Waals surface area (Å²) in [6.07, 6.45) is -25.3. The van der Waals surface area contributed by atoms with Gasteiger partial charge < -0.3 is 109 Å². The average Bonchev–Trinajstić information content (AvgIpc) is 3.31. The molecule has 0 saturated carbocycles. The molecule has 0 aliphatic carbocycles. The summed E-state index contributed by atoms with van der Waals surface area (Å²) in [5.41, 5.74) is -1.13. The predicted octanol–water partition coefficient (Wildman–Crippen LogP) is -2.97. The molecule has 67 heavy (non-hydrogen) atoms. The highest BCUT2D eigenvalue weighted by Crippen LogP contribution is 2.40. The minimum Gasteiger partial charge on any atom is -0.508 e. The van der Waals surface area contributed by atoms with Crippen molar-refractivity contribution in [1.82, 2.24) is 0 Å². The second-order valence-corrected chi connectivity index (χ2v) is 15.6. The molecule has 3 aliphatic rings. The highest BCUT2D eigenvalue weighted by atomic mass is 16.8. The topological polar surface area (TPSA) is 384 Å². The maximum atomic E-state index is 14.5. The Hall–Kier alpha value is -5.68. The lowest BCUT2D eigenvalue weighted by atomic mass is 9.97. The van der Waals surface area contributed by atoms with Crippen LogP contribution in [0.5, 0.6) is 34.5 Å². The van der Waals surface area contributed by atoms with Gasteiger partial charge in [-0.1, -0.05) is 6.07 Å². The standard InChI is InChI=1S/C43H48O24/c1-59-22-10-16(2-8-20(22)48)3-9-27(50)65-39-34(56)30(52)25(14-45)63-42(39)60-19-11-21(49)28-23(12-19)61-37(17-4-6-18(47)7-5-17)38(32(28)54)66-43-40(35(57)31(53)26(15-46)64-43)67-41-36(58)33(55)29(51)24(13-44)62-41/h2-12,24-26,29-31,33-36,39-49,51-53,55-58H,13-15H2,1H3. The second-order valence-electron chi connectivity index (χ2n) is 15.6. The first-order chi connectivity index (χ1) is 32.0. The third-order valence-electron chi connectivity index (χ3n) is 11.2. The third-order valence-corrected chi connectivity index (χ3v) is 11.2. The highest BCUT2D eigenvalue weighted by molar-refractivity contribution is 5.89. The molecule has 364 valence electrons. The molecule has 15 atom stereocenters. The van der Waals surface area contributed by atoms with Crippen molar-refractivity contribution in [3.05, 3.63) is 76.5 Å². The van der Waals surface area contributed by atoms with Crippen molar-refractivity contribution in [2.45, 2.75) is 92.1 Å². The van der Waals surface area contributed by atoms with E-state index in [1.807, 2.05) is 0 Å². The number of hydrogen-bond donors (Lipinski definition) is 13. The first-order valence-corrected chi connectivity index (χ1v) is 20.4. The molecule has 3 aliphatic heterocycles. The summed E-state index contributed by atoms with van der Waals surface area (Å²) in [6.45, 7) is -2.62. The summed E-state index contributed by atoms with van der Waals surface area (Å²) >= 11 is 0. The minimum absolute atomic E-state index is 0.0309. The van der Waals surface area contributed by atoms with Crippen LogP contribution in [0.3, 0.4) is 0 Å². The van der Waals surface area contributed by atoms with Crippen molar-refractivity contribution in [3.8, 4) is 45.8 Å². The molecule has 7 rings (SSSR count). The van der Waals surface area contributed by atoms with E-state index in [1.54, 1.807) is 0 Å². The number of rotatable bonds is 14. The van der Waals surface area contributed by atoms with Crippen molar-refractivity contribution in [2.24, 2.45) is 0 Å². The summed E-state index contributed by atoms with van der Waals surface area (Å²) in [6, 6.07) is 11.1. The van der Waals surface area contributed by atoms with Gasteiger partial charge in [0, 0.05) is 23.8 Å². The minimum atomic E-state index is -2.05. The van der Waals surface area contributed by atoms with Crippen molar-refractivity contribution in [3.63, 3.8) is 0 Å². The van der Waals surface area contributed by atoms with Crippen LogP contribution >= 0.6 is 0 Å². The first kappa shape index (κ1) is 49.2. The van der Waals surface area contributed by atoms with E-state index >= 15 is 0 Å². The van der Waals surface area contributed by atoms with Crippen LogP contribution in [0.2, 0.25) is 0 Å². The van der Waals surface area contributed by atoms with Gasteiger partial charge in [-0.15, -0.1) is 0 Å². The number of phenolic OH excluding ortho intramolecular Hbond substituents is 3. The Kier molecular flexibility index (Phi) is 15.2. The van der Waals surface area contributed by atoms with Gasteiger partial charge in [0.25, 0.3) is 0 Å². The Morgan fingerprint density at radius 2 is 1.24 bits per heavy atom. The number of esters is 1. The van der Waals surface area contributed by atoms with E-state index in [1.165, 1.54) is 55.7 Å². The molecule has 0 radical (unpaired) electrons. The van der Waals surface area contributed by atoms with E-state index in [2.05, 4.69) is 0 Å². The largest absolute Gasteiger partial charge is 0.508 e. The highest BCUT2D eigenvalue weighted by Gasteiger charge is 2.52. The van der Waals surface area contributed by atoms with Gasteiger partial charge >= 0.3 is 5.97 Å². The quantitative estimate of drug-likeness (QED) is 0.0443. The normalized spacial score (nSPS) is 32.3. The first-order valence-electron chi connectivity index (χ1n) is 20.4. The molecule has 3 saturated heterocycles. The van der Waals surface area contributed by atoms with Crippen LogP contribution in [0.25, 0.3) is 28.4 Å². The molecule has 0 bridgehead atoms. The zero-order valence-corrected chi connectivity index (χ0v) is 34.9. The molecule has 24 heteroatoms. The van der Waals surface area contributed by atoms with Crippen molar-refractivity contribution in [2.75, 3.05) is 26.9 Å². The number of carbonyl (C=O) groups is 1. The number of ether oxygens (including phenoxy) is 8. The van der Waals surface area contributed by atoms with Crippen LogP contribution in [0.15, 0.2) is 69.9 Å². The molecule has 0 amide bonds. The fourth-order valence-corrected chi connectivity index (χ4v) is 7.53. The predicted molar refractivity (Wildman–Crippen MR) is 220 cm³/mol. The van der Waals surface area contributed by atoms with Gasteiger partial charge in [0.1, 0.15) is 89.3 Å². The number of aliphatic hydroxyl groups is 10. The maximum absolute atomic E-state index is 14.5. The van der Waals surface area contributed by atoms with Gasteiger partial charge in [-0.3, -0.25) is 4.79 Å². The molecule has 3 fully saturated rings. The van der Waals surface area contributed by atoms with Crippen molar-refractivity contribution in [1.29, 1.82) is 0 Å². The fourth-order valence-electron chi connectivity index (χ4n) is 7.53. The summed E-state index contributed by atoms with van der Waals surface area (Å²) in [7, 11) is 1.32. The molecule has 4 heterocycles. The molecule has 13 N–H and O–H groups in total. The molecule has 4 aromatic rings. The number of methoxy groups -OCH3 is 1. The number of aliphatic hydroxyl groups excluding tert-OH is 10. The number of benzene rings is 3. The molecule has 1 aromatic heterocycles. The van der Waals surface area contributed by atoms with E-state index in [0.717, 1.165) is 18.2 Å². The molecule has 3 aromatic carbocycles. The molecule has 24 nitrogen and oxygen atoms in total. The average molecular weight is 949 g/mol. The monoisotopic (exact) mass is 948 g/mol. The lowest BCUT2D eigenvalue weighted by Crippen LogP contribution is -2.65. The van der Waals surface area contributed by atoms with E-state index in [-0.39, 0.29) is 28.6 Å². The van der Waals surface area contributed by atoms with E-state index < -0.39 is 152 Å². The van der Waals surface area contributed by atoms with Gasteiger partial charge in [-0.05, 0) is 48.0 Å². The molecule has 15 unspecified atom stereocenters. The Labute approximate surface area is 377 Å².